The van der Waals surface area contributed by atoms with E-state index < -0.39 is 11.7 Å². The molecule has 0 unspecified atom stereocenters. The van der Waals surface area contributed by atoms with Crippen molar-refractivity contribution < 1.29 is 27.4 Å². The van der Waals surface area contributed by atoms with Gasteiger partial charge < -0.3 is 14.4 Å². The van der Waals surface area contributed by atoms with Gasteiger partial charge in [0, 0.05) is 42.9 Å². The number of piperidine rings is 1. The lowest BCUT2D eigenvalue weighted by molar-refractivity contribution is -0.137. The molecule has 2 aliphatic rings. The van der Waals surface area contributed by atoms with Crippen molar-refractivity contribution in [2.24, 2.45) is 5.92 Å². The van der Waals surface area contributed by atoms with Gasteiger partial charge >= 0.3 is 6.18 Å². The number of hydrogen-bond donors (Lipinski definition) is 0. The maximum atomic E-state index is 13.1. The summed E-state index contributed by atoms with van der Waals surface area (Å²) >= 11 is 0. The molecule has 0 radical (unpaired) electrons. The minimum Gasteiger partial charge on any atom is -0.497 e. The second-order valence-electron chi connectivity index (χ2n) is 8.41. The first-order chi connectivity index (χ1) is 15.3. The Morgan fingerprint density at radius 3 is 2.62 bits per heavy atom. The van der Waals surface area contributed by atoms with E-state index in [1.165, 1.54) is 12.1 Å². The Labute approximate surface area is 185 Å². The summed E-state index contributed by atoms with van der Waals surface area (Å²) in [7, 11) is 3.24. The van der Waals surface area contributed by atoms with Gasteiger partial charge in [-0.3, -0.25) is 9.69 Å². The fourth-order valence-corrected chi connectivity index (χ4v) is 4.85. The third-order valence-corrected chi connectivity index (χ3v) is 6.49. The summed E-state index contributed by atoms with van der Waals surface area (Å²) in [6, 6.07) is 10.6. The highest BCUT2D eigenvalue weighted by atomic mass is 19.4. The number of rotatable bonds is 5. The first-order valence-electron chi connectivity index (χ1n) is 10.7. The molecule has 8 heteroatoms. The summed E-state index contributed by atoms with van der Waals surface area (Å²) in [5.74, 6) is 1.44. The van der Waals surface area contributed by atoms with E-state index >= 15 is 0 Å². The van der Waals surface area contributed by atoms with Gasteiger partial charge in [-0.05, 0) is 49.6 Å². The van der Waals surface area contributed by atoms with Gasteiger partial charge in [0.1, 0.15) is 11.5 Å². The van der Waals surface area contributed by atoms with Crippen LogP contribution >= 0.6 is 0 Å². The van der Waals surface area contributed by atoms with Crippen LogP contribution in [0.3, 0.4) is 0 Å². The van der Waals surface area contributed by atoms with Gasteiger partial charge in [-0.2, -0.15) is 13.2 Å². The van der Waals surface area contributed by atoms with Gasteiger partial charge in [0.2, 0.25) is 0 Å². The van der Waals surface area contributed by atoms with Crippen molar-refractivity contribution in [3.05, 3.63) is 59.2 Å². The van der Waals surface area contributed by atoms with E-state index in [0.717, 1.165) is 48.6 Å². The summed E-state index contributed by atoms with van der Waals surface area (Å²) in [6.45, 7) is 2.66. The van der Waals surface area contributed by atoms with Crippen LogP contribution in [-0.2, 0) is 12.7 Å². The fourth-order valence-electron chi connectivity index (χ4n) is 4.85. The number of ether oxygens (including phenoxy) is 2. The van der Waals surface area contributed by atoms with Crippen LogP contribution < -0.4 is 9.47 Å². The predicted octanol–water partition coefficient (Wildman–Crippen LogP) is 4.46. The highest BCUT2D eigenvalue weighted by molar-refractivity contribution is 5.94. The van der Waals surface area contributed by atoms with Crippen LogP contribution in [0.1, 0.15) is 34.3 Å². The minimum absolute atomic E-state index is 0.0850. The zero-order valence-electron chi connectivity index (χ0n) is 18.2. The molecule has 0 N–H and O–H groups in total. The van der Waals surface area contributed by atoms with Crippen LogP contribution in [0.5, 0.6) is 11.5 Å². The number of fused-ring (bicyclic) bond motifs is 1. The average molecular weight is 448 g/mol. The van der Waals surface area contributed by atoms with Crippen LogP contribution in [0.2, 0.25) is 0 Å². The highest BCUT2D eigenvalue weighted by Gasteiger charge is 2.41. The molecule has 2 aliphatic heterocycles. The Morgan fingerprint density at radius 1 is 1.09 bits per heavy atom. The van der Waals surface area contributed by atoms with Crippen LogP contribution in [0.4, 0.5) is 13.2 Å². The van der Waals surface area contributed by atoms with E-state index in [0.29, 0.717) is 25.6 Å². The maximum Gasteiger partial charge on any atom is 0.416 e. The topological polar surface area (TPSA) is 42.0 Å². The van der Waals surface area contributed by atoms with Crippen molar-refractivity contribution in [1.29, 1.82) is 0 Å². The fraction of sp³-hybridized carbons (Fsp3) is 0.458. The van der Waals surface area contributed by atoms with Gasteiger partial charge in [0.05, 0.1) is 19.8 Å². The largest absolute Gasteiger partial charge is 0.497 e. The third-order valence-electron chi connectivity index (χ3n) is 6.49. The molecule has 4 rings (SSSR count). The number of benzene rings is 2. The lowest BCUT2D eigenvalue weighted by atomic mass is 9.91. The van der Waals surface area contributed by atoms with Crippen molar-refractivity contribution >= 4 is 5.91 Å². The normalized spacial score (nSPS) is 21.3. The molecule has 0 saturated carbocycles. The number of alkyl halides is 3. The zero-order chi connectivity index (χ0) is 22.9. The quantitative estimate of drug-likeness (QED) is 0.678. The molecule has 0 aliphatic carbocycles. The van der Waals surface area contributed by atoms with E-state index in [1.54, 1.807) is 19.1 Å². The van der Waals surface area contributed by atoms with Gasteiger partial charge in [0.15, 0.2) is 0 Å². The molecule has 2 heterocycles. The number of methoxy groups -OCH3 is 2. The van der Waals surface area contributed by atoms with E-state index in [2.05, 4.69) is 4.90 Å². The Hall–Kier alpha value is -2.74. The molecule has 32 heavy (non-hydrogen) atoms. The Morgan fingerprint density at radius 2 is 1.91 bits per heavy atom. The van der Waals surface area contributed by atoms with Crippen molar-refractivity contribution in [2.45, 2.75) is 31.6 Å². The lowest BCUT2D eigenvalue weighted by Gasteiger charge is -2.37. The molecular weight excluding hydrogens is 421 g/mol. The monoisotopic (exact) mass is 448 g/mol. The van der Waals surface area contributed by atoms with E-state index in [9.17, 15) is 18.0 Å². The molecule has 2 atom stereocenters. The van der Waals surface area contributed by atoms with E-state index in [-0.39, 0.29) is 17.5 Å². The Bertz CT molecular complexity index is 979. The van der Waals surface area contributed by atoms with Gasteiger partial charge in [-0.15, -0.1) is 0 Å². The standard InChI is InChI=1S/C24H27F3N2O3/c1-31-20-9-8-18(22(12-20)32-2)14-28-10-4-6-17-13-29(15-21(17)28)23(30)16-5-3-7-19(11-16)24(25,26)27/h3,5,7-9,11-12,17,21H,4,6,10,13-15H2,1-2H3/t17-,21+/m1/s1. The second-order valence-corrected chi connectivity index (χ2v) is 8.41. The maximum absolute atomic E-state index is 13.1. The Kier molecular flexibility index (Phi) is 6.33. The van der Waals surface area contributed by atoms with Crippen LogP contribution in [0.15, 0.2) is 42.5 Å². The number of amides is 1. The molecule has 0 aromatic heterocycles. The average Bonchev–Trinajstić information content (AvgIpc) is 3.23. The molecule has 1 amide bonds. The molecular formula is C24H27F3N2O3. The molecule has 172 valence electrons. The number of nitrogens with zero attached hydrogens (tertiary/aromatic N) is 2. The first-order valence-corrected chi connectivity index (χ1v) is 10.7. The van der Waals surface area contributed by atoms with Crippen molar-refractivity contribution in [1.82, 2.24) is 9.80 Å². The summed E-state index contributed by atoms with van der Waals surface area (Å²) in [4.78, 5) is 17.1. The molecule has 2 aromatic carbocycles. The summed E-state index contributed by atoms with van der Waals surface area (Å²) in [5.41, 5.74) is 0.326. The van der Waals surface area contributed by atoms with Gasteiger partial charge in [-0.1, -0.05) is 12.1 Å². The molecule has 2 aromatic rings. The lowest BCUT2D eigenvalue weighted by Crippen LogP contribution is -2.44. The molecule has 2 fully saturated rings. The first kappa shape index (κ1) is 22.5. The van der Waals surface area contributed by atoms with Crippen molar-refractivity contribution in [3.63, 3.8) is 0 Å². The zero-order valence-corrected chi connectivity index (χ0v) is 18.2. The number of hydrogen-bond acceptors (Lipinski definition) is 4. The number of carbonyl (C=O) groups excluding carboxylic acids is 1. The summed E-state index contributed by atoms with van der Waals surface area (Å²) in [6.07, 6.45) is -2.44. The summed E-state index contributed by atoms with van der Waals surface area (Å²) < 4.78 is 50.0. The third kappa shape index (κ3) is 4.55. The van der Waals surface area contributed by atoms with E-state index in [1.807, 2.05) is 18.2 Å². The smallest absolute Gasteiger partial charge is 0.416 e. The van der Waals surface area contributed by atoms with Crippen LogP contribution in [0.25, 0.3) is 0 Å². The van der Waals surface area contributed by atoms with Gasteiger partial charge in [-0.25, -0.2) is 0 Å². The predicted molar refractivity (Wildman–Crippen MR) is 114 cm³/mol. The van der Waals surface area contributed by atoms with Crippen molar-refractivity contribution in [2.75, 3.05) is 33.9 Å². The molecule has 5 nitrogen and oxygen atoms in total. The Balaban J connectivity index is 1.49. The van der Waals surface area contributed by atoms with Crippen molar-refractivity contribution in [3.8, 4) is 11.5 Å². The number of carbonyl (C=O) groups is 1. The molecule has 0 spiro atoms. The second kappa shape index (κ2) is 9.02. The molecule has 0 bridgehead atoms. The van der Waals surface area contributed by atoms with Gasteiger partial charge in [0.25, 0.3) is 5.91 Å². The van der Waals surface area contributed by atoms with E-state index in [4.69, 9.17) is 9.47 Å². The SMILES string of the molecule is COc1ccc(CN2CCC[C@@H]3CN(C(=O)c4cccc(C(F)(F)F)c4)C[C@@H]32)c(OC)c1. The van der Waals surface area contributed by atoms with Crippen LogP contribution in [-0.4, -0.2) is 55.6 Å². The number of likely N-dealkylation sites (tertiary alicyclic amines) is 2. The number of halogens is 3. The molecule has 2 saturated heterocycles. The minimum atomic E-state index is -4.47. The summed E-state index contributed by atoms with van der Waals surface area (Å²) in [5, 5.41) is 0. The van der Waals surface area contributed by atoms with Crippen LogP contribution in [0, 0.1) is 5.92 Å². The highest BCUT2D eigenvalue weighted by Crippen LogP contribution is 2.35.